The maximum absolute atomic E-state index is 12.0. The topological polar surface area (TPSA) is 83.4 Å². The first-order valence-electron chi connectivity index (χ1n) is 4.16. The number of ether oxygens (including phenoxy) is 2. The molecule has 1 aromatic heterocycles. The first-order valence-corrected chi connectivity index (χ1v) is 4.16. The standard InChI is InChI=1S/C8H10F3N3O2/c1-15-5-2-4(3-12)14-7(6(5)13)16-8(9,10)11/h2H,3,12-13H2,1H3. The summed E-state index contributed by atoms with van der Waals surface area (Å²) in [7, 11) is 1.27. The number of pyridine rings is 1. The minimum atomic E-state index is -4.86. The molecular weight excluding hydrogens is 227 g/mol. The molecule has 0 fully saturated rings. The summed E-state index contributed by atoms with van der Waals surface area (Å²) in [6.07, 6.45) is -4.86. The van der Waals surface area contributed by atoms with Crippen LogP contribution in [0.25, 0.3) is 0 Å². The van der Waals surface area contributed by atoms with Gasteiger partial charge in [-0.3, -0.25) is 0 Å². The second-order valence-electron chi connectivity index (χ2n) is 2.79. The highest BCUT2D eigenvalue weighted by molar-refractivity contribution is 5.60. The Labute approximate surface area is 89.1 Å². The fraction of sp³-hybridized carbons (Fsp3) is 0.375. The fourth-order valence-electron chi connectivity index (χ4n) is 1.02. The van der Waals surface area contributed by atoms with Gasteiger partial charge in [-0.1, -0.05) is 0 Å². The van der Waals surface area contributed by atoms with E-state index in [0.717, 1.165) is 0 Å². The number of rotatable bonds is 3. The average molecular weight is 237 g/mol. The fourth-order valence-corrected chi connectivity index (χ4v) is 1.02. The normalized spacial score (nSPS) is 11.3. The third kappa shape index (κ3) is 2.89. The second kappa shape index (κ2) is 4.44. The van der Waals surface area contributed by atoms with E-state index in [4.69, 9.17) is 16.2 Å². The second-order valence-corrected chi connectivity index (χ2v) is 2.79. The van der Waals surface area contributed by atoms with Crippen LogP contribution in [0.2, 0.25) is 0 Å². The molecule has 0 aliphatic heterocycles. The lowest BCUT2D eigenvalue weighted by Gasteiger charge is -2.13. The predicted molar refractivity (Wildman–Crippen MR) is 49.8 cm³/mol. The summed E-state index contributed by atoms with van der Waals surface area (Å²) in [6, 6.07) is 1.35. The van der Waals surface area contributed by atoms with Gasteiger partial charge in [0.1, 0.15) is 11.4 Å². The zero-order chi connectivity index (χ0) is 12.3. The predicted octanol–water partition coefficient (Wildman–Crippen LogP) is 1.03. The van der Waals surface area contributed by atoms with Crippen molar-refractivity contribution >= 4 is 5.69 Å². The van der Waals surface area contributed by atoms with Crippen molar-refractivity contribution in [2.24, 2.45) is 5.73 Å². The van der Waals surface area contributed by atoms with Gasteiger partial charge in [0.2, 0.25) is 5.88 Å². The smallest absolute Gasteiger partial charge is 0.494 e. The molecule has 8 heteroatoms. The molecule has 1 heterocycles. The van der Waals surface area contributed by atoms with Crippen molar-refractivity contribution in [3.63, 3.8) is 0 Å². The first kappa shape index (κ1) is 12.4. The average Bonchev–Trinajstić information content (AvgIpc) is 2.19. The van der Waals surface area contributed by atoms with Gasteiger partial charge in [-0.2, -0.15) is 0 Å². The van der Waals surface area contributed by atoms with Crippen molar-refractivity contribution < 1.29 is 22.6 Å². The SMILES string of the molecule is COc1cc(CN)nc(OC(F)(F)F)c1N. The van der Waals surface area contributed by atoms with E-state index >= 15 is 0 Å². The van der Waals surface area contributed by atoms with Gasteiger partial charge in [-0.25, -0.2) is 4.98 Å². The van der Waals surface area contributed by atoms with Gasteiger partial charge < -0.3 is 20.9 Å². The van der Waals surface area contributed by atoms with Crippen molar-refractivity contribution in [3.8, 4) is 11.6 Å². The number of nitrogens with zero attached hydrogens (tertiary/aromatic N) is 1. The van der Waals surface area contributed by atoms with Crippen LogP contribution >= 0.6 is 0 Å². The first-order chi connectivity index (χ1) is 7.37. The molecule has 0 aromatic carbocycles. The molecule has 0 amide bonds. The molecule has 0 unspecified atom stereocenters. The molecule has 1 rings (SSSR count). The van der Waals surface area contributed by atoms with Crippen LogP contribution < -0.4 is 20.9 Å². The van der Waals surface area contributed by atoms with Crippen molar-refractivity contribution in [1.29, 1.82) is 0 Å². The molecule has 0 saturated heterocycles. The number of nitrogens with two attached hydrogens (primary N) is 2. The summed E-state index contributed by atoms with van der Waals surface area (Å²) in [5.41, 5.74) is 10.5. The molecule has 0 bridgehead atoms. The summed E-state index contributed by atoms with van der Waals surface area (Å²) in [6.45, 7) is -0.0507. The zero-order valence-electron chi connectivity index (χ0n) is 8.34. The molecular formula is C8H10F3N3O2. The van der Waals surface area contributed by atoms with Crippen molar-refractivity contribution in [3.05, 3.63) is 11.8 Å². The zero-order valence-corrected chi connectivity index (χ0v) is 8.34. The maximum Gasteiger partial charge on any atom is 0.574 e. The highest BCUT2D eigenvalue weighted by atomic mass is 19.4. The van der Waals surface area contributed by atoms with E-state index in [1.165, 1.54) is 13.2 Å². The van der Waals surface area contributed by atoms with Gasteiger partial charge in [0.05, 0.1) is 12.8 Å². The Morgan fingerprint density at radius 3 is 2.50 bits per heavy atom. The number of nitrogen functional groups attached to an aromatic ring is 1. The Morgan fingerprint density at radius 2 is 2.06 bits per heavy atom. The molecule has 1 aromatic rings. The van der Waals surface area contributed by atoms with E-state index in [1.54, 1.807) is 0 Å². The Morgan fingerprint density at radius 1 is 1.44 bits per heavy atom. The third-order valence-corrected chi connectivity index (χ3v) is 1.68. The Bertz CT molecular complexity index is 382. The molecule has 0 aliphatic rings. The molecule has 0 atom stereocenters. The summed E-state index contributed by atoms with van der Waals surface area (Å²) in [5.74, 6) is -0.720. The van der Waals surface area contributed by atoms with Gasteiger partial charge in [-0.15, -0.1) is 13.2 Å². The van der Waals surface area contributed by atoms with Crippen molar-refractivity contribution in [2.75, 3.05) is 12.8 Å². The highest BCUT2D eigenvalue weighted by Gasteiger charge is 2.33. The number of hydrogen-bond donors (Lipinski definition) is 2. The van der Waals surface area contributed by atoms with Crippen LogP contribution in [-0.4, -0.2) is 18.5 Å². The van der Waals surface area contributed by atoms with Crippen LogP contribution in [0, 0.1) is 0 Å². The van der Waals surface area contributed by atoms with E-state index < -0.39 is 12.2 Å². The van der Waals surface area contributed by atoms with Crippen molar-refractivity contribution in [2.45, 2.75) is 12.9 Å². The Hall–Kier alpha value is -1.70. The van der Waals surface area contributed by atoms with Gasteiger partial charge in [0, 0.05) is 12.6 Å². The van der Waals surface area contributed by atoms with Crippen LogP contribution in [0.15, 0.2) is 6.07 Å². The van der Waals surface area contributed by atoms with Crippen LogP contribution in [0.3, 0.4) is 0 Å². The van der Waals surface area contributed by atoms with Gasteiger partial charge in [-0.05, 0) is 0 Å². The monoisotopic (exact) mass is 237 g/mol. The molecule has 5 nitrogen and oxygen atoms in total. The molecule has 0 spiro atoms. The van der Waals surface area contributed by atoms with E-state index in [-0.39, 0.29) is 23.7 Å². The number of alkyl halides is 3. The summed E-state index contributed by atoms with van der Waals surface area (Å²) in [4.78, 5) is 3.51. The Balaban J connectivity index is 3.16. The number of methoxy groups -OCH3 is 1. The van der Waals surface area contributed by atoms with Crippen LogP contribution in [0.5, 0.6) is 11.6 Å². The lowest BCUT2D eigenvalue weighted by atomic mass is 10.3. The van der Waals surface area contributed by atoms with Gasteiger partial charge >= 0.3 is 6.36 Å². The summed E-state index contributed by atoms with van der Waals surface area (Å²) in [5, 5.41) is 0. The Kier molecular flexibility index (Phi) is 3.43. The van der Waals surface area contributed by atoms with E-state index in [0.29, 0.717) is 0 Å². The summed E-state index contributed by atoms with van der Waals surface area (Å²) >= 11 is 0. The van der Waals surface area contributed by atoms with E-state index in [9.17, 15) is 13.2 Å². The van der Waals surface area contributed by atoms with Crippen LogP contribution in [-0.2, 0) is 6.54 Å². The molecule has 0 aliphatic carbocycles. The quantitative estimate of drug-likeness (QED) is 0.820. The molecule has 16 heavy (non-hydrogen) atoms. The number of halogens is 3. The lowest BCUT2D eigenvalue weighted by Crippen LogP contribution is -2.19. The molecule has 90 valence electrons. The minimum Gasteiger partial charge on any atom is -0.494 e. The largest absolute Gasteiger partial charge is 0.574 e. The lowest BCUT2D eigenvalue weighted by molar-refractivity contribution is -0.275. The summed E-state index contributed by atoms with van der Waals surface area (Å²) < 4.78 is 44.4. The van der Waals surface area contributed by atoms with E-state index in [2.05, 4.69) is 9.72 Å². The number of anilines is 1. The molecule has 0 saturated carbocycles. The van der Waals surface area contributed by atoms with E-state index in [1.807, 2.05) is 0 Å². The number of hydrogen-bond acceptors (Lipinski definition) is 5. The molecule has 4 N–H and O–H groups in total. The van der Waals surface area contributed by atoms with Gasteiger partial charge in [0.15, 0.2) is 0 Å². The maximum atomic E-state index is 12.0. The van der Waals surface area contributed by atoms with Crippen LogP contribution in [0.4, 0.5) is 18.9 Å². The third-order valence-electron chi connectivity index (χ3n) is 1.68. The minimum absolute atomic E-state index is 0.0368. The van der Waals surface area contributed by atoms with Crippen LogP contribution in [0.1, 0.15) is 5.69 Å². The van der Waals surface area contributed by atoms with Crippen molar-refractivity contribution in [1.82, 2.24) is 4.98 Å². The number of aromatic nitrogens is 1. The van der Waals surface area contributed by atoms with Gasteiger partial charge in [0.25, 0.3) is 0 Å². The molecule has 0 radical (unpaired) electrons. The highest BCUT2D eigenvalue weighted by Crippen LogP contribution is 2.33.